The summed E-state index contributed by atoms with van der Waals surface area (Å²) in [6.07, 6.45) is 8.99. The number of aromatic nitrogens is 2. The molecule has 1 N–H and O–H groups in total. The molecule has 2 amide bonds. The van der Waals surface area contributed by atoms with Gasteiger partial charge in [-0.25, -0.2) is 4.98 Å². The van der Waals surface area contributed by atoms with Crippen LogP contribution >= 0.6 is 35.6 Å². The molecule has 7 nitrogen and oxygen atoms in total. The molecule has 1 aromatic carbocycles. The molecule has 186 valence electrons. The van der Waals surface area contributed by atoms with Gasteiger partial charge in [-0.15, -0.1) is 0 Å². The summed E-state index contributed by atoms with van der Waals surface area (Å²) >= 11 is 12.3. The van der Waals surface area contributed by atoms with Crippen LogP contribution in [0.3, 0.4) is 0 Å². The van der Waals surface area contributed by atoms with E-state index in [-0.39, 0.29) is 32.7 Å². The minimum absolute atomic E-state index is 0.0833. The zero-order chi connectivity index (χ0) is 25.0. The summed E-state index contributed by atoms with van der Waals surface area (Å²) in [7, 11) is 0. The van der Waals surface area contributed by atoms with Crippen molar-refractivity contribution < 1.29 is 18.7 Å². The number of carbonyl (C=O) groups excluding carboxylic acids is 2. The van der Waals surface area contributed by atoms with Gasteiger partial charge < -0.3 is 4.74 Å². The van der Waals surface area contributed by atoms with E-state index in [2.05, 4.69) is 15.4 Å². The van der Waals surface area contributed by atoms with Crippen molar-refractivity contribution in [2.45, 2.75) is 38.5 Å². The summed E-state index contributed by atoms with van der Waals surface area (Å²) in [6, 6.07) is 6.74. The molecule has 36 heavy (non-hydrogen) atoms. The van der Waals surface area contributed by atoms with Crippen molar-refractivity contribution in [3.05, 3.63) is 52.0 Å². The van der Waals surface area contributed by atoms with E-state index < -0.39 is 5.82 Å². The van der Waals surface area contributed by atoms with Crippen molar-refractivity contribution in [1.29, 1.82) is 0 Å². The Morgan fingerprint density at radius 2 is 1.94 bits per heavy atom. The first-order valence-electron chi connectivity index (χ1n) is 11.8. The number of thioether (sulfide) groups is 1. The Hall–Kier alpha value is -2.56. The third kappa shape index (κ3) is 4.39. The van der Waals surface area contributed by atoms with Gasteiger partial charge in [0.25, 0.3) is 11.8 Å². The summed E-state index contributed by atoms with van der Waals surface area (Å²) in [5, 5.41) is 1.06. The van der Waals surface area contributed by atoms with Crippen LogP contribution in [-0.2, 0) is 9.59 Å². The van der Waals surface area contributed by atoms with E-state index in [1.165, 1.54) is 24.3 Å². The predicted molar refractivity (Wildman–Crippen MR) is 137 cm³/mol. The summed E-state index contributed by atoms with van der Waals surface area (Å²) in [5.41, 5.74) is 3.11. The van der Waals surface area contributed by atoms with Crippen molar-refractivity contribution in [3.63, 3.8) is 0 Å². The molecule has 5 fully saturated rings. The Kier molecular flexibility index (Phi) is 6.00. The zero-order valence-corrected chi connectivity index (χ0v) is 21.5. The minimum Gasteiger partial charge on any atom is -0.436 e. The van der Waals surface area contributed by atoms with Crippen LogP contribution < -0.4 is 10.2 Å². The van der Waals surface area contributed by atoms with E-state index in [1.807, 2.05) is 0 Å². The van der Waals surface area contributed by atoms with Gasteiger partial charge in [0, 0.05) is 0 Å². The fourth-order valence-corrected chi connectivity index (χ4v) is 7.81. The van der Waals surface area contributed by atoms with Crippen LogP contribution in [0.5, 0.6) is 11.6 Å². The number of amides is 2. The molecule has 4 aliphatic carbocycles. The lowest BCUT2D eigenvalue weighted by Gasteiger charge is -2.55. The van der Waals surface area contributed by atoms with Crippen LogP contribution in [0.25, 0.3) is 6.08 Å². The number of halogens is 2. The lowest BCUT2D eigenvalue weighted by atomic mass is 9.49. The fourth-order valence-electron chi connectivity index (χ4n) is 6.51. The normalized spacial score (nSPS) is 29.8. The monoisotopic (exact) mass is 544 g/mol. The quantitative estimate of drug-likeness (QED) is 0.302. The molecule has 0 spiro atoms. The van der Waals surface area contributed by atoms with Crippen molar-refractivity contribution in [1.82, 2.24) is 20.4 Å². The number of nitrogens with zero attached hydrogens (tertiary/aromatic N) is 3. The average molecular weight is 545 g/mol. The molecule has 0 atom stereocenters. The number of hydrogen-bond acceptors (Lipinski definition) is 7. The third-order valence-corrected chi connectivity index (χ3v) is 9.06. The molecule has 0 radical (unpaired) electrons. The largest absolute Gasteiger partial charge is 0.436 e. The number of hydrogen-bond donors (Lipinski definition) is 1. The van der Waals surface area contributed by atoms with Gasteiger partial charge in [-0.1, -0.05) is 23.9 Å². The van der Waals surface area contributed by atoms with Gasteiger partial charge in [0.1, 0.15) is 5.75 Å². The van der Waals surface area contributed by atoms with Crippen molar-refractivity contribution in [2.24, 2.45) is 23.2 Å². The van der Waals surface area contributed by atoms with Crippen LogP contribution in [0.15, 0.2) is 35.4 Å². The second-order valence-corrected chi connectivity index (χ2v) is 12.1. The van der Waals surface area contributed by atoms with E-state index >= 15 is 0 Å². The number of benzene rings is 1. The number of thiocarbonyl (C=S) groups is 1. The molecule has 11 heteroatoms. The Labute approximate surface area is 221 Å². The number of rotatable bonds is 5. The van der Waals surface area contributed by atoms with E-state index in [4.69, 9.17) is 28.6 Å². The summed E-state index contributed by atoms with van der Waals surface area (Å²) in [6.45, 7) is 0. The molecule has 1 aliphatic heterocycles. The van der Waals surface area contributed by atoms with E-state index in [1.54, 1.807) is 30.3 Å². The Morgan fingerprint density at radius 3 is 2.64 bits per heavy atom. The number of nitrogens with one attached hydrogen (secondary N) is 1. The fraction of sp³-hybridized carbons (Fsp3) is 0.400. The van der Waals surface area contributed by atoms with Crippen molar-refractivity contribution in [2.75, 3.05) is 0 Å². The number of carbonyl (C=O) groups is 2. The van der Waals surface area contributed by atoms with Gasteiger partial charge >= 0.3 is 0 Å². The Balaban J connectivity index is 1.17. The molecule has 0 unspecified atom stereocenters. The highest BCUT2D eigenvalue weighted by atomic mass is 35.5. The first kappa shape index (κ1) is 23.8. The number of hydrazine groups is 1. The summed E-state index contributed by atoms with van der Waals surface area (Å²) in [5.74, 6) is 0.663. The Bertz CT molecular complexity index is 1280. The predicted octanol–water partition coefficient (Wildman–Crippen LogP) is 5.51. The van der Waals surface area contributed by atoms with Crippen LogP contribution in [0, 0.1) is 29.0 Å². The molecular weight excluding hydrogens is 523 g/mol. The smallest absolute Gasteiger partial charge is 0.285 e. The first-order chi connectivity index (χ1) is 17.3. The highest BCUT2D eigenvalue weighted by Gasteiger charge is 2.55. The maximum atomic E-state index is 13.9. The van der Waals surface area contributed by atoms with Crippen molar-refractivity contribution in [3.8, 4) is 11.6 Å². The molecule has 4 bridgehead atoms. The van der Waals surface area contributed by atoms with Gasteiger partial charge in [0.05, 0.1) is 16.5 Å². The van der Waals surface area contributed by atoms with Gasteiger partial charge in [0.2, 0.25) is 17.0 Å². The minimum atomic E-state index is -0.750. The highest BCUT2D eigenvalue weighted by molar-refractivity contribution is 8.26. The Morgan fingerprint density at radius 1 is 1.25 bits per heavy atom. The lowest BCUT2D eigenvalue weighted by Crippen LogP contribution is -2.57. The summed E-state index contributed by atoms with van der Waals surface area (Å²) in [4.78, 5) is 34.3. The van der Waals surface area contributed by atoms with E-state index in [0.29, 0.717) is 34.0 Å². The van der Waals surface area contributed by atoms with Crippen LogP contribution in [0.1, 0.15) is 44.1 Å². The SMILES string of the molecule is O=C1/C(=C\c2cccc(Oc3nc(Cl)ncc3F)c2)SC(=S)N1NC(=O)C12CC3CC(CC(C3)C1)C2. The lowest BCUT2D eigenvalue weighted by molar-refractivity contribution is -0.152. The van der Waals surface area contributed by atoms with Crippen LogP contribution in [0.2, 0.25) is 5.28 Å². The average Bonchev–Trinajstić information content (AvgIpc) is 3.08. The second kappa shape index (κ2) is 9.08. The van der Waals surface area contributed by atoms with Crippen molar-refractivity contribution >= 4 is 57.8 Å². The van der Waals surface area contributed by atoms with Crippen LogP contribution in [-0.4, -0.2) is 31.1 Å². The van der Waals surface area contributed by atoms with E-state index in [0.717, 1.165) is 37.2 Å². The zero-order valence-electron chi connectivity index (χ0n) is 19.1. The molecule has 4 saturated carbocycles. The maximum Gasteiger partial charge on any atom is 0.285 e. The van der Waals surface area contributed by atoms with E-state index in [9.17, 15) is 14.0 Å². The number of ether oxygens (including phenoxy) is 1. The molecule has 1 saturated heterocycles. The first-order valence-corrected chi connectivity index (χ1v) is 13.4. The maximum absolute atomic E-state index is 13.9. The standard InChI is InChI=1S/C25H22ClFN4O3S2/c26-23-28-12-18(27)20(29-23)34-17-3-1-2-13(7-17)8-19-21(32)31(24(35)36-19)30-22(33)25-9-14-4-15(10-25)6-16(5-14)11-25/h1-3,7-8,12,14-16H,4-6,9-11H2,(H,30,33)/b19-8+. The molecule has 2 heterocycles. The highest BCUT2D eigenvalue weighted by Crippen LogP contribution is 2.60. The summed E-state index contributed by atoms with van der Waals surface area (Å²) < 4.78 is 19.7. The molecule has 1 aromatic heterocycles. The molecule has 5 aliphatic rings. The second-order valence-electron chi connectivity index (χ2n) is 10.1. The van der Waals surface area contributed by atoms with Gasteiger partial charge in [-0.3, -0.25) is 15.0 Å². The third-order valence-electron chi connectivity index (χ3n) is 7.58. The molecule has 2 aromatic rings. The van der Waals surface area contributed by atoms with Gasteiger partial charge in [-0.2, -0.15) is 14.4 Å². The molecular formula is C25H22ClFN4O3S2. The van der Waals surface area contributed by atoms with Gasteiger partial charge in [0.15, 0.2) is 4.32 Å². The topological polar surface area (TPSA) is 84.4 Å². The van der Waals surface area contributed by atoms with Crippen LogP contribution in [0.4, 0.5) is 4.39 Å². The molecule has 7 rings (SSSR count). The van der Waals surface area contributed by atoms with Gasteiger partial charge in [-0.05, 0) is 104 Å².